The third-order valence-electron chi connectivity index (χ3n) is 6.95. The van der Waals surface area contributed by atoms with Gasteiger partial charge in [-0.3, -0.25) is 14.4 Å². The van der Waals surface area contributed by atoms with E-state index < -0.39 is 35.4 Å². The highest BCUT2D eigenvalue weighted by molar-refractivity contribution is 7.13. The summed E-state index contributed by atoms with van der Waals surface area (Å²) in [5.74, 6) is -1.25. The lowest BCUT2D eigenvalue weighted by molar-refractivity contribution is -0.144. The summed E-state index contributed by atoms with van der Waals surface area (Å²) in [5, 5.41) is 16.1. The van der Waals surface area contributed by atoms with Gasteiger partial charge in [0, 0.05) is 26.1 Å². The molecule has 238 valence electrons. The summed E-state index contributed by atoms with van der Waals surface area (Å²) in [5.41, 5.74) is 9.44. The van der Waals surface area contributed by atoms with Crippen molar-refractivity contribution < 1.29 is 33.7 Å². The first-order valence-electron chi connectivity index (χ1n) is 14.5. The predicted octanol–water partition coefficient (Wildman–Crippen LogP) is 1.24. The number of aliphatic hydroxyl groups excluding tert-OH is 1. The van der Waals surface area contributed by atoms with Gasteiger partial charge in [0.1, 0.15) is 18.7 Å². The topological polar surface area (TPSA) is 165 Å². The number of carbonyl (C=O) groups excluding carboxylic acids is 3. The zero-order chi connectivity index (χ0) is 31.4. The SMILES string of the molecule is Cc1ncsc1-c1ccc(CNC(=O)[C@@H]2C[C@@H](O)CN2C(=O)C(NC(=O)COCCOCCOCCN)C(C)(C)C)cc1. The van der Waals surface area contributed by atoms with Crippen molar-refractivity contribution in [2.75, 3.05) is 52.7 Å². The van der Waals surface area contributed by atoms with Crippen molar-refractivity contribution in [3.05, 3.63) is 41.0 Å². The molecule has 3 amide bonds. The van der Waals surface area contributed by atoms with Gasteiger partial charge in [0.05, 0.1) is 55.2 Å². The van der Waals surface area contributed by atoms with E-state index in [1.165, 1.54) is 4.90 Å². The molecule has 1 aliphatic heterocycles. The van der Waals surface area contributed by atoms with Gasteiger partial charge in [0.2, 0.25) is 17.7 Å². The highest BCUT2D eigenvalue weighted by atomic mass is 32.1. The summed E-state index contributed by atoms with van der Waals surface area (Å²) in [6.07, 6.45) is -0.728. The van der Waals surface area contributed by atoms with Crippen LogP contribution in [0.2, 0.25) is 0 Å². The number of aliphatic hydroxyl groups is 1. The molecular formula is C30H45N5O7S. The minimum Gasteiger partial charge on any atom is -0.391 e. The molecule has 43 heavy (non-hydrogen) atoms. The summed E-state index contributed by atoms with van der Waals surface area (Å²) >= 11 is 1.58. The normalized spacial score (nSPS) is 17.6. The molecule has 13 heteroatoms. The van der Waals surface area contributed by atoms with Crippen LogP contribution in [0.25, 0.3) is 10.4 Å². The van der Waals surface area contributed by atoms with Gasteiger partial charge in [-0.15, -0.1) is 11.3 Å². The Balaban J connectivity index is 1.52. The summed E-state index contributed by atoms with van der Waals surface area (Å²) in [4.78, 5) is 46.4. The number of likely N-dealkylation sites (tertiary alicyclic amines) is 1. The number of rotatable bonds is 16. The van der Waals surface area contributed by atoms with E-state index >= 15 is 0 Å². The van der Waals surface area contributed by atoms with E-state index in [-0.39, 0.29) is 38.6 Å². The number of benzene rings is 1. The average molecular weight is 620 g/mol. The molecule has 2 aromatic rings. The van der Waals surface area contributed by atoms with Gasteiger partial charge in [-0.1, -0.05) is 45.0 Å². The van der Waals surface area contributed by atoms with E-state index in [0.717, 1.165) is 21.7 Å². The molecule has 0 radical (unpaired) electrons. The fourth-order valence-electron chi connectivity index (χ4n) is 4.67. The van der Waals surface area contributed by atoms with E-state index in [0.29, 0.717) is 33.0 Å². The van der Waals surface area contributed by atoms with Crippen LogP contribution < -0.4 is 16.4 Å². The molecule has 0 spiro atoms. The number of hydrogen-bond donors (Lipinski definition) is 4. The first-order chi connectivity index (χ1) is 20.5. The summed E-state index contributed by atoms with van der Waals surface area (Å²) in [6, 6.07) is 6.08. The molecule has 0 bridgehead atoms. The lowest BCUT2D eigenvalue weighted by Crippen LogP contribution is -2.58. The third-order valence-corrected chi connectivity index (χ3v) is 7.93. The maximum atomic E-state index is 13.7. The monoisotopic (exact) mass is 619 g/mol. The van der Waals surface area contributed by atoms with E-state index in [9.17, 15) is 19.5 Å². The van der Waals surface area contributed by atoms with Crippen LogP contribution in [0, 0.1) is 12.3 Å². The fourth-order valence-corrected chi connectivity index (χ4v) is 5.48. The molecule has 3 atom stereocenters. The second kappa shape index (κ2) is 16.8. The Morgan fingerprint density at radius 3 is 2.35 bits per heavy atom. The van der Waals surface area contributed by atoms with Gasteiger partial charge >= 0.3 is 0 Å². The van der Waals surface area contributed by atoms with Crippen LogP contribution in [0.4, 0.5) is 0 Å². The lowest BCUT2D eigenvalue weighted by Gasteiger charge is -2.35. The third kappa shape index (κ3) is 10.6. The van der Waals surface area contributed by atoms with Crippen LogP contribution in [0.3, 0.4) is 0 Å². The minimum absolute atomic E-state index is 0.00506. The van der Waals surface area contributed by atoms with E-state index in [1.54, 1.807) is 11.3 Å². The number of aromatic nitrogens is 1. The van der Waals surface area contributed by atoms with Crippen LogP contribution in [-0.4, -0.2) is 104 Å². The Labute approximate surface area is 257 Å². The first-order valence-corrected chi connectivity index (χ1v) is 15.4. The minimum atomic E-state index is -0.928. The molecule has 1 aromatic heterocycles. The van der Waals surface area contributed by atoms with Crippen molar-refractivity contribution in [2.24, 2.45) is 11.1 Å². The smallest absolute Gasteiger partial charge is 0.246 e. The Hall–Kier alpha value is -2.94. The molecule has 5 N–H and O–H groups in total. The predicted molar refractivity (Wildman–Crippen MR) is 163 cm³/mol. The van der Waals surface area contributed by atoms with Crippen molar-refractivity contribution >= 4 is 29.1 Å². The van der Waals surface area contributed by atoms with E-state index in [1.807, 2.05) is 57.5 Å². The Bertz CT molecular complexity index is 1180. The van der Waals surface area contributed by atoms with Gasteiger partial charge in [0.25, 0.3) is 0 Å². The number of ether oxygens (including phenoxy) is 3. The van der Waals surface area contributed by atoms with Gasteiger partial charge in [-0.2, -0.15) is 0 Å². The molecule has 1 saturated heterocycles. The Morgan fingerprint density at radius 1 is 1.09 bits per heavy atom. The Morgan fingerprint density at radius 2 is 1.74 bits per heavy atom. The van der Waals surface area contributed by atoms with Crippen molar-refractivity contribution in [3.63, 3.8) is 0 Å². The van der Waals surface area contributed by atoms with Crippen molar-refractivity contribution in [3.8, 4) is 10.4 Å². The molecule has 3 rings (SSSR count). The number of thiazole rings is 1. The van der Waals surface area contributed by atoms with Crippen molar-refractivity contribution in [1.29, 1.82) is 0 Å². The molecular weight excluding hydrogens is 574 g/mol. The van der Waals surface area contributed by atoms with Gasteiger partial charge in [-0.05, 0) is 23.5 Å². The summed E-state index contributed by atoms with van der Waals surface area (Å²) < 4.78 is 16.0. The number of aryl methyl sites for hydroxylation is 1. The van der Waals surface area contributed by atoms with Gasteiger partial charge in [0.15, 0.2) is 0 Å². The maximum absolute atomic E-state index is 13.7. The number of β-amino-alcohol motifs (C(OH)–C–C–N with tert-alkyl or cyclic N) is 1. The quantitative estimate of drug-likeness (QED) is 0.202. The van der Waals surface area contributed by atoms with Crippen LogP contribution in [0.1, 0.15) is 38.4 Å². The molecule has 1 fully saturated rings. The average Bonchev–Trinajstić information content (AvgIpc) is 3.58. The standard InChI is InChI=1S/C30H45N5O7S/c1-20-26(43-19-33-20)22-7-5-21(6-8-22)16-32-28(38)24-15-23(36)17-35(24)29(39)27(30(2,3)4)34-25(37)18-42-14-13-41-12-11-40-10-9-31/h5-8,19,23-24,27,36H,9-18,31H2,1-4H3,(H,32,38)(H,34,37)/t23-,24+,27?/m1/s1. The Kier molecular flexibility index (Phi) is 13.5. The van der Waals surface area contributed by atoms with Gasteiger partial charge < -0.3 is 40.6 Å². The largest absolute Gasteiger partial charge is 0.391 e. The molecule has 0 saturated carbocycles. The van der Waals surface area contributed by atoms with Crippen LogP contribution in [0.15, 0.2) is 29.8 Å². The van der Waals surface area contributed by atoms with Crippen LogP contribution in [-0.2, 0) is 35.1 Å². The fraction of sp³-hybridized carbons (Fsp3) is 0.600. The summed E-state index contributed by atoms with van der Waals surface area (Å²) in [7, 11) is 0. The van der Waals surface area contributed by atoms with E-state index in [4.69, 9.17) is 19.9 Å². The molecule has 1 aliphatic rings. The van der Waals surface area contributed by atoms with Gasteiger partial charge in [-0.25, -0.2) is 4.98 Å². The molecule has 2 heterocycles. The van der Waals surface area contributed by atoms with Crippen molar-refractivity contribution in [2.45, 2.75) is 58.8 Å². The van der Waals surface area contributed by atoms with Crippen LogP contribution in [0.5, 0.6) is 0 Å². The lowest BCUT2D eigenvalue weighted by atomic mass is 9.85. The number of nitrogens with one attached hydrogen (secondary N) is 2. The molecule has 0 aliphatic carbocycles. The highest BCUT2D eigenvalue weighted by Crippen LogP contribution is 2.28. The molecule has 1 aromatic carbocycles. The zero-order valence-electron chi connectivity index (χ0n) is 25.5. The molecule has 1 unspecified atom stereocenters. The zero-order valence-corrected chi connectivity index (χ0v) is 26.3. The van der Waals surface area contributed by atoms with Crippen molar-refractivity contribution in [1.82, 2.24) is 20.5 Å². The van der Waals surface area contributed by atoms with E-state index in [2.05, 4.69) is 15.6 Å². The number of carbonyl (C=O) groups is 3. The number of nitrogens with two attached hydrogens (primary N) is 1. The number of nitrogens with zero attached hydrogens (tertiary/aromatic N) is 2. The maximum Gasteiger partial charge on any atom is 0.246 e. The second-order valence-electron chi connectivity index (χ2n) is 11.5. The second-order valence-corrected chi connectivity index (χ2v) is 12.4. The number of amides is 3. The highest BCUT2D eigenvalue weighted by Gasteiger charge is 2.44. The first kappa shape index (κ1) is 34.5. The molecule has 12 nitrogen and oxygen atoms in total. The number of hydrogen-bond acceptors (Lipinski definition) is 10. The van der Waals surface area contributed by atoms with Crippen LogP contribution >= 0.6 is 11.3 Å². The summed E-state index contributed by atoms with van der Waals surface area (Å²) in [6.45, 7) is 9.72.